The molecule has 0 spiro atoms. The highest BCUT2D eigenvalue weighted by atomic mass is 32.2. The third-order valence-corrected chi connectivity index (χ3v) is 2.12. The lowest BCUT2D eigenvalue weighted by Gasteiger charge is -2.04. The first-order valence-electron chi connectivity index (χ1n) is 3.39. The van der Waals surface area contributed by atoms with Crippen molar-refractivity contribution in [3.8, 4) is 0 Å². The molecule has 0 radical (unpaired) electrons. The maximum Gasteiger partial charge on any atom is 0.278 e. The Labute approximate surface area is 81.4 Å². The monoisotopic (exact) mass is 208 g/mol. The van der Waals surface area contributed by atoms with Gasteiger partial charge < -0.3 is 15.4 Å². The number of ether oxygens (including phenoxy) is 1. The highest BCUT2D eigenvalue weighted by Crippen LogP contribution is 1.99. The van der Waals surface area contributed by atoms with Crippen molar-refractivity contribution in [3.05, 3.63) is 0 Å². The van der Waals surface area contributed by atoms with Crippen LogP contribution < -0.4 is 10.6 Å². The maximum absolute atomic E-state index is 10.7. The molecule has 0 fully saturated rings. The molecule has 0 aliphatic carbocycles. The van der Waals surface area contributed by atoms with Crippen LogP contribution in [0.5, 0.6) is 0 Å². The summed E-state index contributed by atoms with van der Waals surface area (Å²) in [4.78, 5) is 10.7. The van der Waals surface area contributed by atoms with Gasteiger partial charge in [-0.05, 0) is 12.2 Å². The number of nitrogens with one attached hydrogen (secondary N) is 2. The molecule has 0 rings (SSSR count). The topological polar surface area (TPSA) is 50.4 Å². The summed E-state index contributed by atoms with van der Waals surface area (Å²) in [5.74, 6) is 0.599. The van der Waals surface area contributed by atoms with Crippen molar-refractivity contribution in [1.82, 2.24) is 10.6 Å². The molecule has 0 saturated carbocycles. The van der Waals surface area contributed by atoms with Crippen LogP contribution in [0.25, 0.3) is 0 Å². The quantitative estimate of drug-likeness (QED) is 0.525. The van der Waals surface area contributed by atoms with E-state index in [9.17, 15) is 4.79 Å². The van der Waals surface area contributed by atoms with Crippen LogP contribution in [0.4, 0.5) is 4.79 Å². The molecule has 1 amide bonds. The molecule has 0 bridgehead atoms. The highest BCUT2D eigenvalue weighted by Gasteiger charge is 1.98. The lowest BCUT2D eigenvalue weighted by atomic mass is 10.8. The fraction of sp³-hybridized carbons (Fsp3) is 0.667. The Kier molecular flexibility index (Phi) is 6.88. The van der Waals surface area contributed by atoms with Gasteiger partial charge in [0.1, 0.15) is 6.61 Å². The summed E-state index contributed by atoms with van der Waals surface area (Å²) in [7, 11) is 3.28. The standard InChI is InChI=1S/C6H12N2O2S2/c1-7-5(9)12-4-3-10-6(11)8-2/h3-4H2,1-2H3,(H,7,9)(H,8,11). The molecule has 4 nitrogen and oxygen atoms in total. The number of amides is 1. The molecule has 0 saturated heterocycles. The molecule has 6 heteroatoms. The molecule has 0 aromatic rings. The number of rotatable bonds is 3. The zero-order chi connectivity index (χ0) is 9.40. The van der Waals surface area contributed by atoms with E-state index in [2.05, 4.69) is 10.6 Å². The average molecular weight is 208 g/mol. The van der Waals surface area contributed by atoms with Crippen molar-refractivity contribution in [1.29, 1.82) is 0 Å². The first kappa shape index (κ1) is 11.5. The first-order valence-corrected chi connectivity index (χ1v) is 4.79. The second kappa shape index (κ2) is 7.17. The van der Waals surface area contributed by atoms with Gasteiger partial charge >= 0.3 is 0 Å². The summed E-state index contributed by atoms with van der Waals surface area (Å²) in [6, 6.07) is 0. The summed E-state index contributed by atoms with van der Waals surface area (Å²) >= 11 is 5.89. The van der Waals surface area contributed by atoms with E-state index in [4.69, 9.17) is 17.0 Å². The minimum Gasteiger partial charge on any atom is -0.470 e. The van der Waals surface area contributed by atoms with Gasteiger partial charge in [-0.1, -0.05) is 11.8 Å². The Bertz CT molecular complexity index is 146. The molecule has 0 heterocycles. The lowest BCUT2D eigenvalue weighted by molar-refractivity contribution is 0.262. The fourth-order valence-corrected chi connectivity index (χ4v) is 0.993. The predicted octanol–water partition coefficient (Wildman–Crippen LogP) is 0.580. The SMILES string of the molecule is CNC(=O)SCCOC(=S)NC. The zero-order valence-electron chi connectivity index (χ0n) is 7.05. The second-order valence-electron chi connectivity index (χ2n) is 1.77. The summed E-state index contributed by atoms with van der Waals surface area (Å²) in [5.41, 5.74) is 0. The number of thioether (sulfide) groups is 1. The normalized spacial score (nSPS) is 8.83. The van der Waals surface area contributed by atoms with E-state index in [1.807, 2.05) is 0 Å². The molecule has 2 N–H and O–H groups in total. The van der Waals surface area contributed by atoms with Gasteiger partial charge in [-0.15, -0.1) is 0 Å². The van der Waals surface area contributed by atoms with E-state index in [-0.39, 0.29) is 5.24 Å². The van der Waals surface area contributed by atoms with Gasteiger partial charge in [0.15, 0.2) is 0 Å². The van der Waals surface area contributed by atoms with Gasteiger partial charge in [0.2, 0.25) is 0 Å². The van der Waals surface area contributed by atoms with E-state index in [1.165, 1.54) is 11.8 Å². The fourth-order valence-electron chi connectivity index (χ4n) is 0.413. The van der Waals surface area contributed by atoms with Crippen molar-refractivity contribution in [3.63, 3.8) is 0 Å². The maximum atomic E-state index is 10.7. The first-order chi connectivity index (χ1) is 5.70. The summed E-state index contributed by atoms with van der Waals surface area (Å²) in [6.07, 6.45) is 0. The van der Waals surface area contributed by atoms with Gasteiger partial charge in [-0.25, -0.2) is 0 Å². The third kappa shape index (κ3) is 6.23. The van der Waals surface area contributed by atoms with Crippen LogP contribution in [0, 0.1) is 0 Å². The van der Waals surface area contributed by atoms with E-state index in [1.54, 1.807) is 14.1 Å². The molecule has 0 aromatic heterocycles. The summed E-state index contributed by atoms with van der Waals surface area (Å²) in [6.45, 7) is 0.442. The minimum absolute atomic E-state index is 0.0611. The van der Waals surface area contributed by atoms with E-state index in [0.29, 0.717) is 17.5 Å². The molecule has 12 heavy (non-hydrogen) atoms. The lowest BCUT2D eigenvalue weighted by Crippen LogP contribution is -2.20. The average Bonchev–Trinajstić information content (AvgIpc) is 2.11. The van der Waals surface area contributed by atoms with Crippen LogP contribution in [0.3, 0.4) is 0 Å². The number of hydrogen-bond acceptors (Lipinski definition) is 4. The van der Waals surface area contributed by atoms with Crippen molar-refractivity contribution in [2.75, 3.05) is 26.5 Å². The van der Waals surface area contributed by atoms with Crippen LogP contribution in [0.2, 0.25) is 0 Å². The van der Waals surface area contributed by atoms with E-state index < -0.39 is 0 Å². The molecule has 0 aliphatic rings. The van der Waals surface area contributed by atoms with Gasteiger partial charge in [0.05, 0.1) is 0 Å². The Morgan fingerprint density at radius 1 is 1.50 bits per heavy atom. The minimum atomic E-state index is -0.0611. The third-order valence-electron chi connectivity index (χ3n) is 0.958. The largest absolute Gasteiger partial charge is 0.470 e. The number of carbonyl (C=O) groups is 1. The predicted molar refractivity (Wildman–Crippen MR) is 54.5 cm³/mol. The van der Waals surface area contributed by atoms with Crippen molar-refractivity contribution >= 4 is 34.4 Å². The highest BCUT2D eigenvalue weighted by molar-refractivity contribution is 8.13. The molecular weight excluding hydrogens is 196 g/mol. The van der Waals surface area contributed by atoms with Crippen molar-refractivity contribution in [2.45, 2.75) is 0 Å². The van der Waals surface area contributed by atoms with Gasteiger partial charge in [0.25, 0.3) is 10.4 Å². The Balaban J connectivity index is 3.21. The second-order valence-corrected chi connectivity index (χ2v) is 3.21. The number of carbonyl (C=O) groups excluding carboxylic acids is 1. The van der Waals surface area contributed by atoms with Crippen LogP contribution in [0.1, 0.15) is 0 Å². The molecule has 0 aromatic carbocycles. The Hall–Kier alpha value is -0.490. The Morgan fingerprint density at radius 2 is 2.17 bits per heavy atom. The smallest absolute Gasteiger partial charge is 0.278 e. The summed E-state index contributed by atoms with van der Waals surface area (Å²) in [5, 5.41) is 5.45. The van der Waals surface area contributed by atoms with E-state index in [0.717, 1.165) is 0 Å². The molecular formula is C6H12N2O2S2. The summed E-state index contributed by atoms with van der Waals surface area (Å²) < 4.78 is 5.01. The van der Waals surface area contributed by atoms with Crippen LogP contribution in [-0.4, -0.2) is 36.9 Å². The zero-order valence-corrected chi connectivity index (χ0v) is 8.68. The number of thiocarbonyl (C=S) groups is 1. The number of hydrogen-bond donors (Lipinski definition) is 2. The molecule has 0 unspecified atom stereocenters. The van der Waals surface area contributed by atoms with Crippen LogP contribution in [0.15, 0.2) is 0 Å². The van der Waals surface area contributed by atoms with Gasteiger partial charge in [-0.3, -0.25) is 4.79 Å². The van der Waals surface area contributed by atoms with E-state index >= 15 is 0 Å². The van der Waals surface area contributed by atoms with Gasteiger partial charge in [0, 0.05) is 19.8 Å². The van der Waals surface area contributed by atoms with Crippen LogP contribution in [-0.2, 0) is 4.74 Å². The molecule has 70 valence electrons. The molecule has 0 aliphatic heterocycles. The van der Waals surface area contributed by atoms with Crippen molar-refractivity contribution in [2.24, 2.45) is 0 Å². The van der Waals surface area contributed by atoms with Gasteiger partial charge in [-0.2, -0.15) is 0 Å². The Morgan fingerprint density at radius 3 is 2.67 bits per heavy atom. The van der Waals surface area contributed by atoms with Crippen molar-refractivity contribution < 1.29 is 9.53 Å². The van der Waals surface area contributed by atoms with Crippen LogP contribution >= 0.6 is 24.0 Å². The molecule has 0 atom stereocenters.